The van der Waals surface area contributed by atoms with Crippen LogP contribution in [-0.2, 0) is 0 Å². The second kappa shape index (κ2) is 5.71. The maximum absolute atomic E-state index is 11.2. The first-order valence-electron chi connectivity index (χ1n) is 5.21. The van der Waals surface area contributed by atoms with Crippen LogP contribution < -0.4 is 21.9 Å². The third kappa shape index (κ3) is 3.60. The predicted octanol–water partition coefficient (Wildman–Crippen LogP) is -0.0786. The van der Waals surface area contributed by atoms with Crippen molar-refractivity contribution in [2.75, 3.05) is 7.11 Å². The van der Waals surface area contributed by atoms with Crippen molar-refractivity contribution in [3.63, 3.8) is 0 Å². The number of ether oxygens (including phenoxy) is 1. The molecule has 0 heterocycles. The van der Waals surface area contributed by atoms with E-state index in [2.05, 4.69) is 9.98 Å². The second-order valence-corrected chi connectivity index (χ2v) is 3.65. The van der Waals surface area contributed by atoms with Gasteiger partial charge in [-0.15, -0.1) is 0 Å². The summed E-state index contributed by atoms with van der Waals surface area (Å²) in [7, 11) is 1.45. The van der Waals surface area contributed by atoms with Crippen molar-refractivity contribution in [2.24, 2.45) is 27.2 Å². The molecule has 0 unspecified atom stereocenters. The minimum absolute atomic E-state index is 0.0591. The predicted molar refractivity (Wildman–Crippen MR) is 71.8 cm³/mol. The number of rotatable bonds is 3. The molecule has 0 aromatic heterocycles. The first-order valence-corrected chi connectivity index (χ1v) is 5.21. The zero-order chi connectivity index (χ0) is 14.6. The van der Waals surface area contributed by atoms with Gasteiger partial charge in [-0.1, -0.05) is 0 Å². The SMILES string of the molecule is COc1cc(C(=O)O)c(N=C(N)N=C(N)N)cc1C. The van der Waals surface area contributed by atoms with Crippen molar-refractivity contribution in [2.45, 2.75) is 6.92 Å². The van der Waals surface area contributed by atoms with E-state index in [1.54, 1.807) is 6.92 Å². The summed E-state index contributed by atoms with van der Waals surface area (Å²) >= 11 is 0. The van der Waals surface area contributed by atoms with Crippen LogP contribution in [-0.4, -0.2) is 30.1 Å². The van der Waals surface area contributed by atoms with Gasteiger partial charge in [0, 0.05) is 0 Å². The summed E-state index contributed by atoms with van der Waals surface area (Å²) in [5.41, 5.74) is 16.6. The molecule has 1 aromatic rings. The Kier molecular flexibility index (Phi) is 4.30. The van der Waals surface area contributed by atoms with Gasteiger partial charge in [-0.3, -0.25) is 0 Å². The average Bonchev–Trinajstić information content (AvgIpc) is 2.27. The molecule has 1 aromatic carbocycles. The largest absolute Gasteiger partial charge is 0.496 e. The summed E-state index contributed by atoms with van der Waals surface area (Å²) in [6, 6.07) is 2.89. The van der Waals surface area contributed by atoms with E-state index in [4.69, 9.17) is 27.0 Å². The summed E-state index contributed by atoms with van der Waals surface area (Å²) in [5, 5.41) is 9.12. The molecule has 0 bridgehead atoms. The Morgan fingerprint density at radius 3 is 2.42 bits per heavy atom. The van der Waals surface area contributed by atoms with Gasteiger partial charge in [0.15, 0.2) is 5.96 Å². The summed E-state index contributed by atoms with van der Waals surface area (Å²) in [5.74, 6) is -1.21. The number of carboxylic acid groups (broad SMARTS) is 1. The van der Waals surface area contributed by atoms with Crippen molar-refractivity contribution < 1.29 is 14.6 Å². The highest BCUT2D eigenvalue weighted by Gasteiger charge is 2.14. The van der Waals surface area contributed by atoms with E-state index in [1.165, 1.54) is 19.2 Å². The molecule has 0 aliphatic heterocycles. The lowest BCUT2D eigenvalue weighted by Crippen LogP contribution is -2.26. The van der Waals surface area contributed by atoms with Gasteiger partial charge in [0.1, 0.15) is 5.75 Å². The number of carboxylic acids is 1. The van der Waals surface area contributed by atoms with Crippen LogP contribution in [0.15, 0.2) is 22.1 Å². The summed E-state index contributed by atoms with van der Waals surface area (Å²) in [6.45, 7) is 1.75. The molecule has 102 valence electrons. The molecule has 8 nitrogen and oxygen atoms in total. The molecular weight excluding hydrogens is 250 g/mol. The lowest BCUT2D eigenvalue weighted by molar-refractivity contribution is 0.0697. The van der Waals surface area contributed by atoms with Crippen molar-refractivity contribution in [1.82, 2.24) is 0 Å². The number of nitrogens with zero attached hydrogens (tertiary/aromatic N) is 2. The molecular formula is C11H15N5O3. The van der Waals surface area contributed by atoms with E-state index in [-0.39, 0.29) is 23.2 Å². The molecule has 1 rings (SSSR count). The van der Waals surface area contributed by atoms with Gasteiger partial charge in [0.05, 0.1) is 18.4 Å². The zero-order valence-electron chi connectivity index (χ0n) is 10.5. The lowest BCUT2D eigenvalue weighted by Gasteiger charge is -2.08. The number of carbonyl (C=O) groups is 1. The Balaban J connectivity index is 3.38. The minimum atomic E-state index is -1.16. The minimum Gasteiger partial charge on any atom is -0.496 e. The first-order chi connectivity index (χ1) is 8.85. The summed E-state index contributed by atoms with van der Waals surface area (Å²) in [6.07, 6.45) is 0. The molecule has 0 atom stereocenters. The number of aliphatic imine (C=N–C) groups is 2. The number of guanidine groups is 2. The summed E-state index contributed by atoms with van der Waals surface area (Å²) in [4.78, 5) is 18.5. The quantitative estimate of drug-likeness (QED) is 0.443. The third-order valence-corrected chi connectivity index (χ3v) is 2.22. The molecule has 0 spiro atoms. The van der Waals surface area contributed by atoms with Crippen molar-refractivity contribution in [3.8, 4) is 5.75 Å². The molecule has 0 fully saturated rings. The molecule has 0 saturated heterocycles. The fourth-order valence-electron chi connectivity index (χ4n) is 1.44. The molecule has 8 heteroatoms. The second-order valence-electron chi connectivity index (χ2n) is 3.65. The first kappa shape index (κ1) is 14.3. The third-order valence-electron chi connectivity index (χ3n) is 2.22. The molecule has 7 N–H and O–H groups in total. The maximum atomic E-state index is 11.2. The Morgan fingerprint density at radius 1 is 1.32 bits per heavy atom. The van der Waals surface area contributed by atoms with Gasteiger partial charge in [-0.25, -0.2) is 9.79 Å². The molecule has 0 aliphatic rings. The Hall–Kier alpha value is -2.77. The van der Waals surface area contributed by atoms with Gasteiger partial charge < -0.3 is 27.0 Å². The summed E-state index contributed by atoms with van der Waals surface area (Å²) < 4.78 is 5.05. The normalized spacial score (nSPS) is 10.9. The van der Waals surface area contributed by atoms with Crippen LogP contribution >= 0.6 is 0 Å². The van der Waals surface area contributed by atoms with Crippen molar-refractivity contribution in [1.29, 1.82) is 0 Å². The van der Waals surface area contributed by atoms with Crippen LogP contribution in [0.2, 0.25) is 0 Å². The van der Waals surface area contributed by atoms with Gasteiger partial charge >= 0.3 is 5.97 Å². The van der Waals surface area contributed by atoms with Gasteiger partial charge in [-0.05, 0) is 24.6 Å². The van der Waals surface area contributed by atoms with Crippen LogP contribution in [0, 0.1) is 6.92 Å². The Labute approximate surface area is 109 Å². The highest BCUT2D eigenvalue weighted by Crippen LogP contribution is 2.28. The fraction of sp³-hybridized carbons (Fsp3) is 0.182. The zero-order valence-corrected chi connectivity index (χ0v) is 10.5. The Bertz CT molecular complexity index is 562. The Morgan fingerprint density at radius 2 is 1.95 bits per heavy atom. The molecule has 0 saturated carbocycles. The average molecular weight is 265 g/mol. The van der Waals surface area contributed by atoms with Crippen LogP contribution in [0.25, 0.3) is 0 Å². The van der Waals surface area contributed by atoms with E-state index < -0.39 is 5.97 Å². The maximum Gasteiger partial charge on any atom is 0.338 e. The highest BCUT2D eigenvalue weighted by atomic mass is 16.5. The van der Waals surface area contributed by atoms with Crippen LogP contribution in [0.4, 0.5) is 5.69 Å². The topological polar surface area (TPSA) is 149 Å². The van der Waals surface area contributed by atoms with Gasteiger partial charge in [0.2, 0.25) is 5.96 Å². The number of aromatic carboxylic acids is 1. The van der Waals surface area contributed by atoms with Crippen molar-refractivity contribution in [3.05, 3.63) is 23.3 Å². The van der Waals surface area contributed by atoms with Crippen molar-refractivity contribution >= 4 is 23.6 Å². The molecule has 0 radical (unpaired) electrons. The van der Waals surface area contributed by atoms with Gasteiger partial charge in [-0.2, -0.15) is 4.99 Å². The molecule has 0 aliphatic carbocycles. The van der Waals surface area contributed by atoms with Crippen LogP contribution in [0.5, 0.6) is 5.75 Å². The van der Waals surface area contributed by atoms with E-state index in [1.807, 2.05) is 0 Å². The lowest BCUT2D eigenvalue weighted by atomic mass is 10.1. The molecule has 0 amide bonds. The van der Waals surface area contributed by atoms with E-state index >= 15 is 0 Å². The van der Waals surface area contributed by atoms with E-state index in [0.29, 0.717) is 11.3 Å². The monoisotopic (exact) mass is 265 g/mol. The number of nitrogens with two attached hydrogens (primary N) is 3. The van der Waals surface area contributed by atoms with Crippen LogP contribution in [0.3, 0.4) is 0 Å². The van der Waals surface area contributed by atoms with Crippen LogP contribution in [0.1, 0.15) is 15.9 Å². The molecule has 19 heavy (non-hydrogen) atoms. The number of methoxy groups -OCH3 is 1. The fourth-order valence-corrected chi connectivity index (χ4v) is 1.44. The number of hydrogen-bond donors (Lipinski definition) is 4. The van der Waals surface area contributed by atoms with E-state index in [0.717, 1.165) is 0 Å². The highest BCUT2D eigenvalue weighted by molar-refractivity contribution is 5.98. The standard InChI is InChI=1S/C11H15N5O3/c1-5-3-7(15-11(14)16-10(12)13)6(9(17)18)4-8(5)19-2/h3-4H,1-2H3,(H,17,18)(H6,12,13,14,15,16). The number of aryl methyl sites for hydroxylation is 1. The van der Waals surface area contributed by atoms with E-state index in [9.17, 15) is 4.79 Å². The number of hydrogen-bond acceptors (Lipinski definition) is 3. The number of benzene rings is 1. The smallest absolute Gasteiger partial charge is 0.338 e. The van der Waals surface area contributed by atoms with Gasteiger partial charge in [0.25, 0.3) is 0 Å².